The van der Waals surface area contributed by atoms with Gasteiger partial charge >= 0.3 is 0 Å². The second kappa shape index (κ2) is 5.47. The van der Waals surface area contributed by atoms with E-state index in [2.05, 4.69) is 64.8 Å². The summed E-state index contributed by atoms with van der Waals surface area (Å²) in [6.07, 6.45) is 2.15. The van der Waals surface area contributed by atoms with Crippen LogP contribution in [0.5, 0.6) is 0 Å². The van der Waals surface area contributed by atoms with Crippen LogP contribution in [0.1, 0.15) is 17.0 Å². The largest absolute Gasteiger partial charge is 0.105 e. The van der Waals surface area contributed by atoms with Crippen LogP contribution in [0.25, 0.3) is 0 Å². The van der Waals surface area contributed by atoms with Crippen molar-refractivity contribution in [1.29, 1.82) is 0 Å². The first-order chi connectivity index (χ1) is 7.92. The third kappa shape index (κ3) is 2.50. The van der Waals surface area contributed by atoms with Gasteiger partial charge in [-0.3, -0.25) is 0 Å². The van der Waals surface area contributed by atoms with Crippen molar-refractivity contribution in [2.24, 2.45) is 0 Å². The molecule has 2 aromatic carbocycles. The average Bonchev–Trinajstić information content (AvgIpc) is 2.38. The quantitative estimate of drug-likeness (QED) is 0.696. The van der Waals surface area contributed by atoms with Crippen molar-refractivity contribution in [3.05, 3.63) is 83.6 Å². The maximum Gasteiger partial charge on any atom is 0.0596 e. The molecule has 0 aliphatic heterocycles. The molecule has 0 aromatic heterocycles. The van der Waals surface area contributed by atoms with Crippen molar-refractivity contribution in [2.75, 3.05) is 0 Å². The molecular weight excluding hydrogens is 208 g/mol. The van der Waals surface area contributed by atoms with Crippen molar-refractivity contribution in [3.8, 4) is 0 Å². The van der Waals surface area contributed by atoms with E-state index in [1.165, 1.54) is 11.1 Å². The third-order valence-electron chi connectivity index (χ3n) is 2.61. The molecule has 16 heavy (non-hydrogen) atoms. The Hall–Kier alpha value is -1.60. The second-order valence-electron chi connectivity index (χ2n) is 3.66. The van der Waals surface area contributed by atoms with E-state index < -0.39 is 0 Å². The van der Waals surface area contributed by atoms with Crippen molar-refractivity contribution < 1.29 is 0 Å². The Morgan fingerprint density at radius 1 is 0.750 bits per heavy atom. The van der Waals surface area contributed by atoms with E-state index in [-0.39, 0.29) is 0 Å². The van der Waals surface area contributed by atoms with Gasteiger partial charge in [-0.15, -0.1) is 5.70 Å². The summed E-state index contributed by atoms with van der Waals surface area (Å²) in [5.41, 5.74) is 4.54. The minimum atomic E-state index is 0.319. The van der Waals surface area contributed by atoms with Crippen LogP contribution in [0.4, 0.5) is 0 Å². The molecule has 3 radical (unpaired) electrons. The highest BCUT2D eigenvalue weighted by Crippen LogP contribution is 2.25. The maximum absolute atomic E-state index is 3.41. The van der Waals surface area contributed by atoms with Gasteiger partial charge in [0, 0.05) is 5.92 Å². The van der Waals surface area contributed by atoms with Gasteiger partial charge in [0.25, 0.3) is 0 Å². The summed E-state index contributed by atoms with van der Waals surface area (Å²) in [5, 5.41) is 0. The summed E-state index contributed by atoms with van der Waals surface area (Å²) in [4.78, 5) is 0. The van der Waals surface area contributed by atoms with Crippen LogP contribution in [-0.4, -0.2) is 10.2 Å². The molecule has 0 heterocycles. The topological polar surface area (TPSA) is 0 Å². The fraction of sp³-hybridized carbons (Fsp3) is 0.0667. The monoisotopic (exact) mass is 221 g/mol. The first-order valence-corrected chi connectivity index (χ1v) is 5.93. The van der Waals surface area contributed by atoms with Crippen molar-refractivity contribution in [2.45, 2.75) is 5.92 Å². The highest BCUT2D eigenvalue weighted by atomic mass is 28.1. The summed E-state index contributed by atoms with van der Waals surface area (Å²) in [7, 11) is 3.41. The van der Waals surface area contributed by atoms with E-state index in [1.807, 2.05) is 17.8 Å². The molecule has 0 spiro atoms. The summed E-state index contributed by atoms with van der Waals surface area (Å²) in [6, 6.07) is 21.0. The number of hydrogen-bond acceptors (Lipinski definition) is 0. The molecule has 0 nitrogen and oxygen atoms in total. The van der Waals surface area contributed by atoms with Gasteiger partial charge in [0.2, 0.25) is 0 Å². The van der Waals surface area contributed by atoms with E-state index in [0.29, 0.717) is 5.92 Å². The molecule has 2 aromatic rings. The standard InChI is InChI=1S/C15H13Si/c16-12-11-15(13-7-3-1-4-8-13)14-9-5-2-6-10-14/h1-12,15H. The smallest absolute Gasteiger partial charge is 0.0596 e. The Morgan fingerprint density at radius 2 is 1.19 bits per heavy atom. The number of allylic oxidation sites excluding steroid dienone is 1. The predicted octanol–water partition coefficient (Wildman–Crippen LogP) is 3.50. The molecule has 0 saturated carbocycles. The molecule has 2 rings (SSSR count). The first-order valence-electron chi connectivity index (χ1n) is 5.35. The molecule has 0 unspecified atom stereocenters. The van der Waals surface area contributed by atoms with Gasteiger partial charge in [-0.2, -0.15) is 0 Å². The number of benzene rings is 2. The average molecular weight is 221 g/mol. The van der Waals surface area contributed by atoms with Gasteiger partial charge in [0.05, 0.1) is 10.2 Å². The highest BCUT2D eigenvalue weighted by molar-refractivity contribution is 6.17. The van der Waals surface area contributed by atoms with Gasteiger partial charge in [-0.25, -0.2) is 0 Å². The van der Waals surface area contributed by atoms with Crippen molar-refractivity contribution >= 4 is 10.2 Å². The fourth-order valence-electron chi connectivity index (χ4n) is 1.83. The van der Waals surface area contributed by atoms with Crippen LogP contribution < -0.4 is 0 Å². The zero-order valence-corrected chi connectivity index (χ0v) is 10.0. The SMILES string of the molecule is [Si]C=CC(c1ccccc1)c1ccccc1. The van der Waals surface area contributed by atoms with Gasteiger partial charge in [-0.05, 0) is 11.1 Å². The third-order valence-corrected chi connectivity index (χ3v) is 2.80. The molecule has 0 saturated heterocycles. The van der Waals surface area contributed by atoms with Crippen LogP contribution in [0, 0.1) is 0 Å². The molecule has 0 amide bonds. The van der Waals surface area contributed by atoms with Crippen LogP contribution in [0.2, 0.25) is 0 Å². The van der Waals surface area contributed by atoms with Gasteiger partial charge < -0.3 is 0 Å². The van der Waals surface area contributed by atoms with Crippen molar-refractivity contribution in [3.63, 3.8) is 0 Å². The molecule has 0 atom stereocenters. The predicted molar refractivity (Wildman–Crippen MR) is 69.6 cm³/mol. The molecule has 0 N–H and O–H groups in total. The Kier molecular flexibility index (Phi) is 3.73. The minimum absolute atomic E-state index is 0.319. The van der Waals surface area contributed by atoms with E-state index in [9.17, 15) is 0 Å². The molecular formula is C15H13Si. The summed E-state index contributed by atoms with van der Waals surface area (Å²) in [6.45, 7) is 0. The first kappa shape index (κ1) is 10.9. The van der Waals surface area contributed by atoms with Crippen LogP contribution in [0.3, 0.4) is 0 Å². The summed E-state index contributed by atoms with van der Waals surface area (Å²) in [5.74, 6) is 0.319. The zero-order chi connectivity index (χ0) is 11.2. The van der Waals surface area contributed by atoms with Gasteiger partial charge in [0.15, 0.2) is 0 Å². The lowest BCUT2D eigenvalue weighted by Gasteiger charge is -2.13. The lowest BCUT2D eigenvalue weighted by molar-refractivity contribution is 1.03. The zero-order valence-electron chi connectivity index (χ0n) is 9.01. The molecule has 0 aliphatic carbocycles. The molecule has 1 heteroatoms. The maximum atomic E-state index is 3.41. The van der Waals surface area contributed by atoms with Gasteiger partial charge in [-0.1, -0.05) is 66.7 Å². The van der Waals surface area contributed by atoms with Crippen LogP contribution in [-0.2, 0) is 0 Å². The fourth-order valence-corrected chi connectivity index (χ4v) is 2.02. The molecule has 0 aliphatic rings. The lowest BCUT2D eigenvalue weighted by atomic mass is 9.92. The highest BCUT2D eigenvalue weighted by Gasteiger charge is 2.08. The van der Waals surface area contributed by atoms with E-state index in [4.69, 9.17) is 0 Å². The Bertz CT molecular complexity index is 406. The number of rotatable bonds is 3. The minimum Gasteiger partial charge on any atom is -0.105 e. The van der Waals surface area contributed by atoms with Crippen LogP contribution >= 0.6 is 0 Å². The normalized spacial score (nSPS) is 11.1. The Balaban J connectivity index is 2.39. The Morgan fingerprint density at radius 3 is 1.56 bits per heavy atom. The van der Waals surface area contributed by atoms with Gasteiger partial charge in [0.1, 0.15) is 0 Å². The molecule has 0 fully saturated rings. The van der Waals surface area contributed by atoms with Crippen molar-refractivity contribution in [1.82, 2.24) is 0 Å². The summed E-state index contributed by atoms with van der Waals surface area (Å²) >= 11 is 0. The number of hydrogen-bond donors (Lipinski definition) is 0. The summed E-state index contributed by atoms with van der Waals surface area (Å²) < 4.78 is 0. The molecule has 0 bridgehead atoms. The van der Waals surface area contributed by atoms with E-state index >= 15 is 0 Å². The van der Waals surface area contributed by atoms with E-state index in [1.54, 1.807) is 0 Å². The molecule has 77 valence electrons. The second-order valence-corrected chi connectivity index (χ2v) is 3.99. The Labute approximate surface area is 100 Å². The lowest BCUT2D eigenvalue weighted by Crippen LogP contribution is -1.97. The van der Waals surface area contributed by atoms with E-state index in [0.717, 1.165) is 0 Å². The van der Waals surface area contributed by atoms with Crippen LogP contribution in [0.15, 0.2) is 72.4 Å².